The molecule has 0 fully saturated rings. The number of carbonyl (C=O) groups excluding carboxylic acids is 1. The van der Waals surface area contributed by atoms with Crippen LogP contribution in [0.15, 0.2) is 22.9 Å². The summed E-state index contributed by atoms with van der Waals surface area (Å²) >= 11 is 3.17. The third kappa shape index (κ3) is 2.56. The van der Waals surface area contributed by atoms with Crippen LogP contribution in [0.2, 0.25) is 0 Å². The number of hydrogen-bond acceptors (Lipinski definition) is 2. The molecule has 3 nitrogen and oxygen atoms in total. The average molecular weight is 239 g/mol. The number of hydrogen-bond donors (Lipinski definition) is 1. The third-order valence-electron chi connectivity index (χ3n) is 1.35. The molecule has 0 unspecified atom stereocenters. The highest BCUT2D eigenvalue weighted by atomic mass is 79.9. The van der Waals surface area contributed by atoms with Gasteiger partial charge in [-0.2, -0.15) is 0 Å². The molecule has 1 aromatic heterocycles. The van der Waals surface area contributed by atoms with E-state index in [1.807, 2.05) is 0 Å². The maximum atomic E-state index is 11.3. The van der Waals surface area contributed by atoms with Crippen molar-refractivity contribution >= 4 is 21.8 Å². The number of nitrogens with one attached hydrogen (secondary N) is 1. The van der Waals surface area contributed by atoms with Gasteiger partial charge in [-0.3, -0.25) is 4.79 Å². The van der Waals surface area contributed by atoms with E-state index >= 15 is 0 Å². The van der Waals surface area contributed by atoms with E-state index in [9.17, 15) is 4.79 Å². The largest absolute Gasteiger partial charge is 0.341 e. The first-order valence-electron chi connectivity index (χ1n) is 3.58. The average Bonchev–Trinajstić information content (AvgIpc) is 2.15. The Morgan fingerprint density at radius 2 is 2.54 bits per heavy atom. The summed E-state index contributed by atoms with van der Waals surface area (Å²) < 4.78 is 0.518. The molecule has 0 spiro atoms. The SMILES string of the molecule is C#CCNC(=O)c1cccnc1Br. The lowest BCUT2D eigenvalue weighted by atomic mass is 10.3. The minimum absolute atomic E-state index is 0.222. The van der Waals surface area contributed by atoms with Crippen molar-refractivity contribution in [1.29, 1.82) is 0 Å². The van der Waals surface area contributed by atoms with Gasteiger partial charge in [-0.25, -0.2) is 4.98 Å². The van der Waals surface area contributed by atoms with E-state index < -0.39 is 0 Å². The number of amides is 1. The normalized spacial score (nSPS) is 8.92. The second-order valence-electron chi connectivity index (χ2n) is 2.23. The number of rotatable bonds is 2. The topological polar surface area (TPSA) is 42.0 Å². The lowest BCUT2D eigenvalue weighted by molar-refractivity contribution is 0.0957. The molecular weight excluding hydrogens is 232 g/mol. The van der Waals surface area contributed by atoms with Gasteiger partial charge in [-0.1, -0.05) is 5.92 Å². The summed E-state index contributed by atoms with van der Waals surface area (Å²) in [6.07, 6.45) is 6.60. The standard InChI is InChI=1S/C9H7BrN2O/c1-2-5-12-9(13)7-4-3-6-11-8(7)10/h1,3-4,6H,5H2,(H,12,13). The van der Waals surface area contributed by atoms with Gasteiger partial charge in [-0.05, 0) is 28.1 Å². The summed E-state index contributed by atoms with van der Waals surface area (Å²) in [6, 6.07) is 3.36. The molecule has 1 N–H and O–H groups in total. The van der Waals surface area contributed by atoms with Gasteiger partial charge in [0.15, 0.2) is 0 Å². The zero-order chi connectivity index (χ0) is 9.68. The minimum Gasteiger partial charge on any atom is -0.341 e. The van der Waals surface area contributed by atoms with Crippen molar-refractivity contribution in [3.8, 4) is 12.3 Å². The molecule has 1 rings (SSSR count). The van der Waals surface area contributed by atoms with E-state index in [-0.39, 0.29) is 12.5 Å². The van der Waals surface area contributed by atoms with Crippen molar-refractivity contribution in [2.24, 2.45) is 0 Å². The van der Waals surface area contributed by atoms with Crippen LogP contribution in [0, 0.1) is 12.3 Å². The number of terminal acetylenes is 1. The lowest BCUT2D eigenvalue weighted by Crippen LogP contribution is -2.23. The van der Waals surface area contributed by atoms with Crippen molar-refractivity contribution in [1.82, 2.24) is 10.3 Å². The van der Waals surface area contributed by atoms with Crippen LogP contribution in [0.1, 0.15) is 10.4 Å². The molecule has 0 atom stereocenters. The van der Waals surface area contributed by atoms with Gasteiger partial charge < -0.3 is 5.32 Å². The van der Waals surface area contributed by atoms with E-state index in [0.717, 1.165) is 0 Å². The molecule has 66 valence electrons. The summed E-state index contributed by atoms with van der Waals surface area (Å²) in [4.78, 5) is 15.3. The Kier molecular flexibility index (Phi) is 3.47. The maximum Gasteiger partial charge on any atom is 0.254 e. The van der Waals surface area contributed by atoms with E-state index in [1.165, 1.54) is 0 Å². The molecule has 1 aromatic rings. The summed E-state index contributed by atoms with van der Waals surface area (Å²) in [7, 11) is 0. The summed E-state index contributed by atoms with van der Waals surface area (Å²) in [6.45, 7) is 0.222. The first kappa shape index (κ1) is 9.75. The summed E-state index contributed by atoms with van der Waals surface area (Å²) in [5.74, 6) is 2.10. The highest BCUT2D eigenvalue weighted by Crippen LogP contribution is 2.11. The van der Waals surface area contributed by atoms with E-state index in [2.05, 4.69) is 32.2 Å². The monoisotopic (exact) mass is 238 g/mol. The Bertz CT molecular complexity index is 357. The van der Waals surface area contributed by atoms with Gasteiger partial charge in [-0.15, -0.1) is 6.42 Å². The van der Waals surface area contributed by atoms with Gasteiger partial charge >= 0.3 is 0 Å². The van der Waals surface area contributed by atoms with Crippen molar-refractivity contribution < 1.29 is 4.79 Å². The van der Waals surface area contributed by atoms with E-state index in [1.54, 1.807) is 18.3 Å². The van der Waals surface area contributed by atoms with Crippen LogP contribution in [-0.4, -0.2) is 17.4 Å². The number of pyridine rings is 1. The zero-order valence-electron chi connectivity index (χ0n) is 6.75. The maximum absolute atomic E-state index is 11.3. The van der Waals surface area contributed by atoms with Crippen molar-refractivity contribution in [2.45, 2.75) is 0 Å². The molecule has 4 heteroatoms. The van der Waals surface area contributed by atoms with Gasteiger partial charge in [0, 0.05) is 6.20 Å². The molecule has 0 saturated heterocycles. The van der Waals surface area contributed by atoms with Crippen molar-refractivity contribution in [3.05, 3.63) is 28.5 Å². The quantitative estimate of drug-likeness (QED) is 0.622. The predicted molar refractivity (Wildman–Crippen MR) is 53.1 cm³/mol. The van der Waals surface area contributed by atoms with Crippen molar-refractivity contribution in [3.63, 3.8) is 0 Å². The fraction of sp³-hybridized carbons (Fsp3) is 0.111. The molecule has 0 saturated carbocycles. The highest BCUT2D eigenvalue weighted by Gasteiger charge is 2.08. The number of carbonyl (C=O) groups is 1. The molecule has 13 heavy (non-hydrogen) atoms. The van der Waals surface area contributed by atoms with Crippen LogP contribution in [0.5, 0.6) is 0 Å². The molecular formula is C9H7BrN2O. The van der Waals surface area contributed by atoms with Gasteiger partial charge in [0.25, 0.3) is 5.91 Å². The molecule has 1 heterocycles. The molecule has 0 aliphatic heterocycles. The number of halogens is 1. The minimum atomic E-state index is -0.224. The molecule has 1 amide bonds. The van der Waals surface area contributed by atoms with Crippen LogP contribution in [0.25, 0.3) is 0 Å². The Balaban J connectivity index is 2.78. The highest BCUT2D eigenvalue weighted by molar-refractivity contribution is 9.10. The second kappa shape index (κ2) is 4.63. The first-order valence-corrected chi connectivity index (χ1v) is 4.37. The van der Waals surface area contributed by atoms with Crippen LogP contribution < -0.4 is 5.32 Å². The van der Waals surface area contributed by atoms with E-state index in [4.69, 9.17) is 6.42 Å². The molecule has 0 bridgehead atoms. The Labute approximate surface area is 84.7 Å². The van der Waals surface area contributed by atoms with Crippen LogP contribution in [0.4, 0.5) is 0 Å². The molecule has 0 aromatic carbocycles. The van der Waals surface area contributed by atoms with Gasteiger partial charge in [0.2, 0.25) is 0 Å². The molecule has 0 aliphatic rings. The number of aromatic nitrogens is 1. The Hall–Kier alpha value is -1.34. The first-order chi connectivity index (χ1) is 6.25. The smallest absolute Gasteiger partial charge is 0.254 e. The molecule has 0 radical (unpaired) electrons. The predicted octanol–water partition coefficient (Wildman–Crippen LogP) is 1.21. The molecule has 0 aliphatic carbocycles. The van der Waals surface area contributed by atoms with Crippen LogP contribution in [-0.2, 0) is 0 Å². The number of nitrogens with zero attached hydrogens (tertiary/aromatic N) is 1. The van der Waals surface area contributed by atoms with Gasteiger partial charge in [0.05, 0.1) is 12.1 Å². The van der Waals surface area contributed by atoms with E-state index in [0.29, 0.717) is 10.2 Å². The van der Waals surface area contributed by atoms with Crippen LogP contribution >= 0.6 is 15.9 Å². The van der Waals surface area contributed by atoms with Gasteiger partial charge in [0.1, 0.15) is 4.60 Å². The third-order valence-corrected chi connectivity index (χ3v) is 1.99. The fourth-order valence-electron chi connectivity index (χ4n) is 0.782. The van der Waals surface area contributed by atoms with Crippen LogP contribution in [0.3, 0.4) is 0 Å². The van der Waals surface area contributed by atoms with Crippen molar-refractivity contribution in [2.75, 3.05) is 6.54 Å². The fourth-order valence-corrected chi connectivity index (χ4v) is 1.21. The Morgan fingerprint density at radius 3 is 3.15 bits per heavy atom. The zero-order valence-corrected chi connectivity index (χ0v) is 8.34. The Morgan fingerprint density at radius 1 is 1.77 bits per heavy atom. The summed E-state index contributed by atoms with van der Waals surface area (Å²) in [5, 5.41) is 2.54. The lowest BCUT2D eigenvalue weighted by Gasteiger charge is -2.01. The summed E-state index contributed by atoms with van der Waals surface area (Å²) in [5.41, 5.74) is 0.484. The second-order valence-corrected chi connectivity index (χ2v) is 2.98.